The topological polar surface area (TPSA) is 55.5 Å². The Balaban J connectivity index is 3.28. The molecule has 0 spiro atoms. The molecule has 0 bridgehead atoms. The number of hydrogen-bond acceptors (Lipinski definition) is 3. The summed E-state index contributed by atoms with van der Waals surface area (Å²) in [6, 6.07) is 3.48. The standard InChI is InChI=1S/C11H16ClNO2/c1-3-8-9(10(14)6-13)4-7(12)5-11(8)15-2/h4-5,10,14H,3,6,13H2,1-2H3. The molecule has 15 heavy (non-hydrogen) atoms. The summed E-state index contributed by atoms with van der Waals surface area (Å²) in [6.45, 7) is 2.18. The van der Waals surface area contributed by atoms with Gasteiger partial charge in [-0.1, -0.05) is 18.5 Å². The van der Waals surface area contributed by atoms with Crippen molar-refractivity contribution in [1.29, 1.82) is 0 Å². The van der Waals surface area contributed by atoms with Crippen LogP contribution in [0.25, 0.3) is 0 Å². The molecule has 0 aromatic heterocycles. The van der Waals surface area contributed by atoms with Crippen molar-refractivity contribution in [3.05, 3.63) is 28.3 Å². The number of methoxy groups -OCH3 is 1. The van der Waals surface area contributed by atoms with Gasteiger partial charge < -0.3 is 15.6 Å². The van der Waals surface area contributed by atoms with Crippen LogP contribution in [0.3, 0.4) is 0 Å². The lowest BCUT2D eigenvalue weighted by atomic mass is 9.99. The van der Waals surface area contributed by atoms with Gasteiger partial charge in [0.15, 0.2) is 0 Å². The Morgan fingerprint density at radius 3 is 2.67 bits per heavy atom. The molecule has 0 saturated heterocycles. The first-order chi connectivity index (χ1) is 7.13. The quantitative estimate of drug-likeness (QED) is 0.829. The highest BCUT2D eigenvalue weighted by atomic mass is 35.5. The fourth-order valence-electron chi connectivity index (χ4n) is 1.62. The van der Waals surface area contributed by atoms with Crippen LogP contribution in [0, 0.1) is 0 Å². The van der Waals surface area contributed by atoms with Gasteiger partial charge in [-0.25, -0.2) is 0 Å². The van der Waals surface area contributed by atoms with E-state index < -0.39 is 6.10 Å². The average molecular weight is 230 g/mol. The molecule has 1 atom stereocenters. The van der Waals surface area contributed by atoms with Gasteiger partial charge in [-0.15, -0.1) is 0 Å². The Kier molecular flexibility index (Phi) is 4.39. The molecular formula is C11H16ClNO2. The first-order valence-electron chi connectivity index (χ1n) is 4.88. The third-order valence-corrected chi connectivity index (χ3v) is 2.58. The number of halogens is 1. The first kappa shape index (κ1) is 12.3. The second kappa shape index (κ2) is 5.35. The largest absolute Gasteiger partial charge is 0.496 e. The van der Waals surface area contributed by atoms with Gasteiger partial charge in [0.2, 0.25) is 0 Å². The first-order valence-corrected chi connectivity index (χ1v) is 5.26. The molecule has 0 fully saturated rings. The highest BCUT2D eigenvalue weighted by molar-refractivity contribution is 6.30. The highest BCUT2D eigenvalue weighted by Crippen LogP contribution is 2.31. The molecule has 0 saturated carbocycles. The maximum Gasteiger partial charge on any atom is 0.123 e. The maximum absolute atomic E-state index is 9.75. The van der Waals surface area contributed by atoms with E-state index in [1.807, 2.05) is 6.92 Å². The lowest BCUT2D eigenvalue weighted by molar-refractivity contribution is 0.185. The Morgan fingerprint density at radius 1 is 1.53 bits per heavy atom. The van der Waals surface area contributed by atoms with E-state index in [4.69, 9.17) is 22.1 Å². The van der Waals surface area contributed by atoms with Gasteiger partial charge in [-0.05, 0) is 29.7 Å². The fourth-order valence-corrected chi connectivity index (χ4v) is 1.83. The Morgan fingerprint density at radius 2 is 2.20 bits per heavy atom. The van der Waals surface area contributed by atoms with Crippen molar-refractivity contribution in [2.45, 2.75) is 19.4 Å². The van der Waals surface area contributed by atoms with Crippen molar-refractivity contribution in [1.82, 2.24) is 0 Å². The van der Waals surface area contributed by atoms with Crippen LogP contribution in [0.5, 0.6) is 5.75 Å². The predicted octanol–water partition coefficient (Wildman–Crippen LogP) is 1.90. The van der Waals surface area contributed by atoms with Gasteiger partial charge in [0.1, 0.15) is 5.75 Å². The zero-order valence-electron chi connectivity index (χ0n) is 8.96. The Bertz CT molecular complexity index is 342. The van der Waals surface area contributed by atoms with Crippen molar-refractivity contribution in [3.63, 3.8) is 0 Å². The lowest BCUT2D eigenvalue weighted by Crippen LogP contribution is -2.14. The minimum atomic E-state index is -0.687. The minimum Gasteiger partial charge on any atom is -0.496 e. The summed E-state index contributed by atoms with van der Waals surface area (Å²) in [7, 11) is 1.59. The van der Waals surface area contributed by atoms with Crippen molar-refractivity contribution in [2.75, 3.05) is 13.7 Å². The number of hydrogen-bond donors (Lipinski definition) is 2. The molecule has 1 rings (SSSR count). The summed E-state index contributed by atoms with van der Waals surface area (Å²) >= 11 is 5.93. The van der Waals surface area contributed by atoms with Crippen molar-refractivity contribution in [3.8, 4) is 5.75 Å². The summed E-state index contributed by atoms with van der Waals surface area (Å²) in [5.74, 6) is 0.701. The lowest BCUT2D eigenvalue weighted by Gasteiger charge is -2.16. The predicted molar refractivity (Wildman–Crippen MR) is 61.4 cm³/mol. The third-order valence-electron chi connectivity index (χ3n) is 2.36. The number of rotatable bonds is 4. The second-order valence-electron chi connectivity index (χ2n) is 3.28. The number of benzene rings is 1. The van der Waals surface area contributed by atoms with Gasteiger partial charge >= 0.3 is 0 Å². The normalized spacial score (nSPS) is 12.6. The molecule has 0 amide bonds. The van der Waals surface area contributed by atoms with Gasteiger partial charge in [-0.2, -0.15) is 0 Å². The molecule has 1 unspecified atom stereocenters. The average Bonchev–Trinajstić information content (AvgIpc) is 2.26. The van der Waals surface area contributed by atoms with E-state index in [2.05, 4.69) is 0 Å². The van der Waals surface area contributed by atoms with Crippen molar-refractivity contribution < 1.29 is 9.84 Å². The molecule has 84 valence electrons. The molecule has 4 heteroatoms. The highest BCUT2D eigenvalue weighted by Gasteiger charge is 2.15. The number of aliphatic hydroxyl groups is 1. The monoisotopic (exact) mass is 229 g/mol. The molecule has 0 aliphatic carbocycles. The van der Waals surface area contributed by atoms with Crippen LogP contribution >= 0.6 is 11.6 Å². The molecule has 0 radical (unpaired) electrons. The van der Waals surface area contributed by atoms with Crippen LogP contribution in [0.2, 0.25) is 5.02 Å². The Hall–Kier alpha value is -0.770. The van der Waals surface area contributed by atoms with Gasteiger partial charge in [-0.3, -0.25) is 0 Å². The van der Waals surface area contributed by atoms with E-state index in [-0.39, 0.29) is 6.54 Å². The zero-order valence-corrected chi connectivity index (χ0v) is 9.71. The number of aliphatic hydroxyl groups excluding tert-OH is 1. The molecule has 1 aromatic rings. The third kappa shape index (κ3) is 2.62. The molecule has 1 aromatic carbocycles. The van der Waals surface area contributed by atoms with E-state index in [9.17, 15) is 5.11 Å². The Labute approximate surface area is 94.8 Å². The van der Waals surface area contributed by atoms with Gasteiger partial charge in [0.25, 0.3) is 0 Å². The maximum atomic E-state index is 9.75. The van der Waals surface area contributed by atoms with Crippen LogP contribution in [0.1, 0.15) is 24.2 Å². The molecule has 0 aliphatic rings. The van der Waals surface area contributed by atoms with Crippen molar-refractivity contribution in [2.24, 2.45) is 5.73 Å². The molecule has 3 N–H and O–H groups in total. The van der Waals surface area contributed by atoms with Gasteiger partial charge in [0, 0.05) is 11.6 Å². The van der Waals surface area contributed by atoms with E-state index in [1.54, 1.807) is 19.2 Å². The van der Waals surface area contributed by atoms with Crippen LogP contribution in [-0.4, -0.2) is 18.8 Å². The zero-order chi connectivity index (χ0) is 11.4. The van der Waals surface area contributed by atoms with Crippen LogP contribution in [0.15, 0.2) is 12.1 Å². The summed E-state index contributed by atoms with van der Waals surface area (Å²) in [4.78, 5) is 0. The van der Waals surface area contributed by atoms with Crippen molar-refractivity contribution >= 4 is 11.6 Å². The smallest absolute Gasteiger partial charge is 0.123 e. The van der Waals surface area contributed by atoms with Crippen LogP contribution < -0.4 is 10.5 Å². The van der Waals surface area contributed by atoms with Crippen LogP contribution in [-0.2, 0) is 6.42 Å². The number of nitrogens with two attached hydrogens (primary N) is 1. The minimum absolute atomic E-state index is 0.177. The molecular weight excluding hydrogens is 214 g/mol. The van der Waals surface area contributed by atoms with E-state index >= 15 is 0 Å². The van der Waals surface area contributed by atoms with Crippen LogP contribution in [0.4, 0.5) is 0 Å². The second-order valence-corrected chi connectivity index (χ2v) is 3.72. The summed E-state index contributed by atoms with van der Waals surface area (Å²) in [5, 5.41) is 10.3. The fraction of sp³-hybridized carbons (Fsp3) is 0.455. The molecule has 0 aliphatic heterocycles. The van der Waals surface area contributed by atoms with E-state index in [1.165, 1.54) is 0 Å². The number of ether oxygens (including phenoxy) is 1. The van der Waals surface area contributed by atoms with Gasteiger partial charge in [0.05, 0.1) is 13.2 Å². The van der Waals surface area contributed by atoms with E-state index in [0.29, 0.717) is 10.8 Å². The SMILES string of the molecule is CCc1c(OC)cc(Cl)cc1C(O)CN. The molecule has 3 nitrogen and oxygen atoms in total. The molecule has 0 heterocycles. The summed E-state index contributed by atoms with van der Waals surface area (Å²) in [6.07, 6.45) is 0.0831. The summed E-state index contributed by atoms with van der Waals surface area (Å²) < 4.78 is 5.22. The summed E-state index contributed by atoms with van der Waals surface area (Å²) in [5.41, 5.74) is 7.15. The van der Waals surface area contributed by atoms with E-state index in [0.717, 1.165) is 17.5 Å².